The van der Waals surface area contributed by atoms with Gasteiger partial charge in [-0.1, -0.05) is 26.2 Å². The molecular weight excluding hydrogens is 180 g/mol. The molecule has 0 aromatic rings. The van der Waals surface area contributed by atoms with E-state index in [0.29, 0.717) is 12.1 Å². The summed E-state index contributed by atoms with van der Waals surface area (Å²) in [6.45, 7) is 2.12. The van der Waals surface area contributed by atoms with E-state index >= 15 is 0 Å². The van der Waals surface area contributed by atoms with E-state index in [9.17, 15) is 9.59 Å². The van der Waals surface area contributed by atoms with Crippen LogP contribution in [0.1, 0.15) is 39.0 Å². The molecule has 0 saturated carbocycles. The van der Waals surface area contributed by atoms with Gasteiger partial charge in [0.1, 0.15) is 0 Å². The molecule has 0 aliphatic carbocycles. The molecular formula is C10H14N2O2. The van der Waals surface area contributed by atoms with Crippen molar-refractivity contribution in [3.63, 3.8) is 0 Å². The predicted molar refractivity (Wildman–Crippen MR) is 53.1 cm³/mol. The van der Waals surface area contributed by atoms with Gasteiger partial charge in [0, 0.05) is 0 Å². The quantitative estimate of drug-likeness (QED) is 0.355. The van der Waals surface area contributed by atoms with E-state index in [0.717, 1.165) is 25.7 Å². The van der Waals surface area contributed by atoms with E-state index in [1.54, 1.807) is 0 Å². The van der Waals surface area contributed by atoms with Crippen molar-refractivity contribution in [3.05, 3.63) is 11.9 Å². The molecule has 4 heteroatoms. The Balaban J connectivity index is 3.97. The van der Waals surface area contributed by atoms with Crippen LogP contribution in [0.3, 0.4) is 0 Å². The Labute approximate surface area is 83.4 Å². The highest BCUT2D eigenvalue weighted by molar-refractivity contribution is 5.38. The third-order valence-electron chi connectivity index (χ3n) is 1.74. The van der Waals surface area contributed by atoms with Crippen molar-refractivity contribution < 1.29 is 9.59 Å². The smallest absolute Gasteiger partial charge is 0.211 e. The molecule has 0 saturated heterocycles. The summed E-state index contributed by atoms with van der Waals surface area (Å²) in [4.78, 5) is 26.5. The second-order valence-electron chi connectivity index (χ2n) is 2.85. The van der Waals surface area contributed by atoms with Crippen LogP contribution in [0.25, 0.3) is 0 Å². The maximum atomic E-state index is 9.99. The van der Waals surface area contributed by atoms with Gasteiger partial charge in [-0.3, -0.25) is 0 Å². The van der Waals surface area contributed by atoms with Crippen LogP contribution in [-0.4, -0.2) is 12.2 Å². The second kappa shape index (κ2) is 9.59. The summed E-state index contributed by atoms with van der Waals surface area (Å²) >= 11 is 0. The summed E-state index contributed by atoms with van der Waals surface area (Å²) in [5.74, 6) is 0. The minimum atomic E-state index is 0.486. The molecule has 4 nitrogen and oxygen atoms in total. The topological polar surface area (TPSA) is 58.9 Å². The van der Waals surface area contributed by atoms with Crippen LogP contribution in [0.2, 0.25) is 0 Å². The monoisotopic (exact) mass is 194 g/mol. The van der Waals surface area contributed by atoms with Crippen LogP contribution in [-0.2, 0) is 9.59 Å². The molecule has 0 unspecified atom stereocenters. The zero-order chi connectivity index (χ0) is 10.6. The van der Waals surface area contributed by atoms with E-state index in [1.165, 1.54) is 18.4 Å². The SMILES string of the molecule is CCCCCCC(=CN=C=O)N=C=O. The molecule has 0 aliphatic heterocycles. The number of unbranched alkanes of at least 4 members (excludes halogenated alkanes) is 3. The summed E-state index contributed by atoms with van der Waals surface area (Å²) < 4.78 is 0. The Kier molecular flexibility index (Phi) is 8.56. The number of carbonyl (C=O) groups excluding carboxylic acids is 2. The van der Waals surface area contributed by atoms with Crippen molar-refractivity contribution in [2.75, 3.05) is 0 Å². The summed E-state index contributed by atoms with van der Waals surface area (Å²) in [6.07, 6.45) is 9.06. The summed E-state index contributed by atoms with van der Waals surface area (Å²) in [6, 6.07) is 0. The Morgan fingerprint density at radius 3 is 2.57 bits per heavy atom. The standard InChI is InChI=1S/C10H14N2O2/c1-2-3-4-5-6-10(12-9-14)7-11-8-13/h7H,2-6H2,1H3. The lowest BCUT2D eigenvalue weighted by atomic mass is 10.1. The molecule has 0 bridgehead atoms. The number of isocyanates is 2. The van der Waals surface area contributed by atoms with Crippen LogP contribution in [0.5, 0.6) is 0 Å². The van der Waals surface area contributed by atoms with E-state index in [2.05, 4.69) is 16.9 Å². The van der Waals surface area contributed by atoms with Crippen LogP contribution < -0.4 is 0 Å². The highest BCUT2D eigenvalue weighted by Crippen LogP contribution is 2.10. The highest BCUT2D eigenvalue weighted by atomic mass is 16.1. The molecule has 0 fully saturated rings. The van der Waals surface area contributed by atoms with Gasteiger partial charge in [-0.2, -0.15) is 9.98 Å². The van der Waals surface area contributed by atoms with Crippen LogP contribution >= 0.6 is 0 Å². The third kappa shape index (κ3) is 7.17. The maximum Gasteiger partial charge on any atom is 0.240 e. The van der Waals surface area contributed by atoms with Crippen molar-refractivity contribution in [2.24, 2.45) is 9.98 Å². The maximum absolute atomic E-state index is 9.99. The summed E-state index contributed by atoms with van der Waals surface area (Å²) in [5.41, 5.74) is 0.486. The average Bonchev–Trinajstić information content (AvgIpc) is 2.20. The first-order chi connectivity index (χ1) is 6.85. The van der Waals surface area contributed by atoms with Crippen molar-refractivity contribution in [3.8, 4) is 0 Å². The molecule has 0 aromatic heterocycles. The Morgan fingerprint density at radius 1 is 1.21 bits per heavy atom. The van der Waals surface area contributed by atoms with Crippen LogP contribution in [0, 0.1) is 0 Å². The zero-order valence-corrected chi connectivity index (χ0v) is 8.32. The van der Waals surface area contributed by atoms with Gasteiger partial charge in [-0.25, -0.2) is 9.59 Å². The van der Waals surface area contributed by atoms with Crippen LogP contribution in [0.4, 0.5) is 0 Å². The minimum Gasteiger partial charge on any atom is -0.211 e. The van der Waals surface area contributed by atoms with Crippen molar-refractivity contribution in [1.29, 1.82) is 0 Å². The number of aliphatic imine (C=N–C) groups is 2. The molecule has 0 aromatic carbocycles. The molecule has 0 atom stereocenters. The van der Waals surface area contributed by atoms with Crippen molar-refractivity contribution in [1.82, 2.24) is 0 Å². The lowest BCUT2D eigenvalue weighted by molar-refractivity contribution is 0.562. The fourth-order valence-electron chi connectivity index (χ4n) is 1.04. The van der Waals surface area contributed by atoms with Gasteiger partial charge < -0.3 is 0 Å². The van der Waals surface area contributed by atoms with E-state index in [-0.39, 0.29) is 0 Å². The van der Waals surface area contributed by atoms with E-state index in [1.807, 2.05) is 0 Å². The first-order valence-corrected chi connectivity index (χ1v) is 4.69. The Bertz CT molecular complexity index is 272. The van der Waals surface area contributed by atoms with Crippen LogP contribution in [0.15, 0.2) is 21.9 Å². The van der Waals surface area contributed by atoms with Crippen molar-refractivity contribution in [2.45, 2.75) is 39.0 Å². The van der Waals surface area contributed by atoms with E-state index < -0.39 is 0 Å². The van der Waals surface area contributed by atoms with Crippen molar-refractivity contribution >= 4 is 12.2 Å². The molecule has 0 N–H and O–H groups in total. The fraction of sp³-hybridized carbons (Fsp3) is 0.600. The zero-order valence-electron chi connectivity index (χ0n) is 8.32. The van der Waals surface area contributed by atoms with Gasteiger partial charge in [0.25, 0.3) is 0 Å². The highest BCUT2D eigenvalue weighted by Gasteiger charge is 1.94. The van der Waals surface area contributed by atoms with Gasteiger partial charge in [0.2, 0.25) is 12.2 Å². The molecule has 0 heterocycles. The summed E-state index contributed by atoms with van der Waals surface area (Å²) in [5, 5.41) is 0. The van der Waals surface area contributed by atoms with Gasteiger partial charge in [-0.05, 0) is 12.8 Å². The van der Waals surface area contributed by atoms with Gasteiger partial charge >= 0.3 is 0 Å². The predicted octanol–water partition coefficient (Wildman–Crippen LogP) is 2.47. The molecule has 0 amide bonds. The lowest BCUT2D eigenvalue weighted by Gasteiger charge is -1.97. The number of nitrogens with zero attached hydrogens (tertiary/aromatic N) is 2. The molecule has 76 valence electrons. The van der Waals surface area contributed by atoms with Gasteiger partial charge in [0.05, 0.1) is 11.9 Å². The molecule has 0 radical (unpaired) electrons. The first kappa shape index (κ1) is 12.5. The van der Waals surface area contributed by atoms with Gasteiger partial charge in [0.15, 0.2) is 0 Å². The summed E-state index contributed by atoms with van der Waals surface area (Å²) in [7, 11) is 0. The Hall–Kier alpha value is -1.50. The molecule has 14 heavy (non-hydrogen) atoms. The molecule has 0 spiro atoms. The lowest BCUT2D eigenvalue weighted by Crippen LogP contribution is -1.81. The number of hydrogen-bond donors (Lipinski definition) is 0. The Morgan fingerprint density at radius 2 is 2.00 bits per heavy atom. The fourth-order valence-corrected chi connectivity index (χ4v) is 1.04. The average molecular weight is 194 g/mol. The molecule has 0 rings (SSSR count). The molecule has 0 aliphatic rings. The number of rotatable bonds is 7. The first-order valence-electron chi connectivity index (χ1n) is 4.69. The van der Waals surface area contributed by atoms with E-state index in [4.69, 9.17) is 0 Å². The normalized spacial score (nSPS) is 10.2. The minimum absolute atomic E-state index is 0.486. The van der Waals surface area contributed by atoms with Gasteiger partial charge in [-0.15, -0.1) is 0 Å². The second-order valence-corrected chi connectivity index (χ2v) is 2.85. The number of allylic oxidation sites excluding steroid dienone is 1. The largest absolute Gasteiger partial charge is 0.240 e. The third-order valence-corrected chi connectivity index (χ3v) is 1.74. The number of hydrogen-bond acceptors (Lipinski definition) is 4.